The minimum atomic E-state index is 0.756. The number of fused-ring (bicyclic) bond motifs is 13. The van der Waals surface area contributed by atoms with Gasteiger partial charge in [0.1, 0.15) is 17.2 Å². The highest BCUT2D eigenvalue weighted by molar-refractivity contribution is 7.27. The zero-order chi connectivity index (χ0) is 37.6. The Hall–Kier alpha value is -7.27. The van der Waals surface area contributed by atoms with E-state index in [9.17, 15) is 0 Å². The summed E-state index contributed by atoms with van der Waals surface area (Å²) < 4.78 is 11.7. The first-order valence-corrected chi connectivity index (χ1v) is 20.0. The van der Waals surface area contributed by atoms with Crippen molar-refractivity contribution in [3.63, 3.8) is 0 Å². The zero-order valence-electron chi connectivity index (χ0n) is 30.7. The summed E-state index contributed by atoms with van der Waals surface area (Å²) in [5.41, 5.74) is 9.38. The van der Waals surface area contributed by atoms with Crippen LogP contribution in [0, 0.1) is 0 Å². The molecule has 0 spiro atoms. The van der Waals surface area contributed by atoms with Gasteiger partial charge >= 0.3 is 0 Å². The van der Waals surface area contributed by atoms with Crippen LogP contribution >= 0.6 is 11.3 Å². The van der Waals surface area contributed by atoms with Crippen LogP contribution in [0.1, 0.15) is 11.3 Å². The van der Waals surface area contributed by atoms with E-state index in [0.717, 1.165) is 55.9 Å². The van der Waals surface area contributed by atoms with Crippen LogP contribution in [0.5, 0.6) is 0 Å². The van der Waals surface area contributed by atoms with Gasteiger partial charge in [0, 0.05) is 54.4 Å². The van der Waals surface area contributed by atoms with Gasteiger partial charge in [-0.05, 0) is 62.7 Å². The van der Waals surface area contributed by atoms with E-state index in [4.69, 9.17) is 9.40 Å². The number of nitrogens with zero attached hydrogens (tertiary/aromatic N) is 2. The van der Waals surface area contributed by atoms with Crippen LogP contribution < -0.4 is 0 Å². The molecule has 12 rings (SSSR count). The van der Waals surface area contributed by atoms with Crippen molar-refractivity contribution in [2.75, 3.05) is 0 Å². The molecule has 0 amide bonds. The van der Waals surface area contributed by atoms with Crippen molar-refractivity contribution >= 4 is 91.4 Å². The number of aromatic nitrogens is 2. The summed E-state index contributed by atoms with van der Waals surface area (Å²) in [5.74, 6) is 1.61. The molecule has 0 bridgehead atoms. The number of rotatable bonds is 5. The third-order valence-corrected chi connectivity index (χ3v) is 12.8. The molecule has 0 aliphatic carbocycles. The molecule has 0 fully saturated rings. The van der Waals surface area contributed by atoms with Crippen LogP contribution in [0.15, 0.2) is 193 Å². The van der Waals surface area contributed by atoms with Crippen molar-refractivity contribution in [1.29, 1.82) is 0 Å². The maximum atomic E-state index is 6.73. The third-order valence-electron chi connectivity index (χ3n) is 11.6. The van der Waals surface area contributed by atoms with Crippen LogP contribution in [-0.2, 0) is 0 Å². The normalized spacial score (nSPS) is 11.9. The highest BCUT2D eigenvalue weighted by atomic mass is 32.1. The first-order valence-electron chi connectivity index (χ1n) is 19.2. The molecule has 4 heteroatoms. The molecule has 0 saturated heterocycles. The highest BCUT2D eigenvalue weighted by Gasteiger charge is 2.25. The third kappa shape index (κ3) is 4.75. The average Bonchev–Trinajstić information content (AvgIpc) is 3.97. The number of pyridine rings is 1. The van der Waals surface area contributed by atoms with Crippen LogP contribution in [-0.4, -0.2) is 9.55 Å². The van der Waals surface area contributed by atoms with Gasteiger partial charge < -0.3 is 4.42 Å². The molecule has 0 aliphatic rings. The lowest BCUT2D eigenvalue weighted by Gasteiger charge is -2.13. The Morgan fingerprint density at radius 1 is 0.526 bits per heavy atom. The SMILES string of the molecule is C=C(c1ccc(-c2ccccc2)cc1)c1oc2ccccc2c1-c1ccnc(-n2c3c4ccccc4ccc3c3c4ccccc4c4c5ccccc5sc4c32)c1. The minimum Gasteiger partial charge on any atom is -0.455 e. The Kier molecular flexibility index (Phi) is 6.95. The predicted molar refractivity (Wildman–Crippen MR) is 242 cm³/mol. The first-order chi connectivity index (χ1) is 28.2. The molecule has 4 heterocycles. The topological polar surface area (TPSA) is 31.0 Å². The zero-order valence-corrected chi connectivity index (χ0v) is 31.6. The van der Waals surface area contributed by atoms with Crippen LogP contribution in [0.3, 0.4) is 0 Å². The van der Waals surface area contributed by atoms with E-state index in [1.807, 2.05) is 35.7 Å². The fraction of sp³-hybridized carbons (Fsp3) is 0. The monoisotopic (exact) mass is 744 g/mol. The van der Waals surface area contributed by atoms with E-state index < -0.39 is 0 Å². The summed E-state index contributed by atoms with van der Waals surface area (Å²) in [7, 11) is 0. The maximum absolute atomic E-state index is 6.73. The summed E-state index contributed by atoms with van der Waals surface area (Å²) >= 11 is 1.87. The van der Waals surface area contributed by atoms with Gasteiger partial charge in [-0.2, -0.15) is 0 Å². The molecule has 0 radical (unpaired) electrons. The van der Waals surface area contributed by atoms with Gasteiger partial charge in [-0.1, -0.05) is 158 Å². The van der Waals surface area contributed by atoms with Crippen molar-refractivity contribution in [1.82, 2.24) is 9.55 Å². The number of para-hydroxylation sites is 1. The van der Waals surface area contributed by atoms with Crippen molar-refractivity contribution in [3.05, 3.63) is 200 Å². The van der Waals surface area contributed by atoms with Gasteiger partial charge in [0.25, 0.3) is 0 Å². The van der Waals surface area contributed by atoms with Crippen LogP contribution in [0.4, 0.5) is 0 Å². The Labute approximate surface area is 332 Å². The molecule has 0 N–H and O–H groups in total. The smallest absolute Gasteiger partial charge is 0.143 e. The van der Waals surface area contributed by atoms with Gasteiger partial charge in [0.05, 0.1) is 15.7 Å². The Bertz CT molecular complexity index is 3590. The molecular formula is C53H32N2OS. The Morgan fingerprint density at radius 3 is 2.02 bits per heavy atom. The number of thiophene rings is 1. The van der Waals surface area contributed by atoms with Crippen molar-refractivity contribution in [2.45, 2.75) is 0 Å². The second-order valence-corrected chi connectivity index (χ2v) is 15.8. The largest absolute Gasteiger partial charge is 0.455 e. The average molecular weight is 745 g/mol. The van der Waals surface area contributed by atoms with E-state index in [1.165, 1.54) is 63.6 Å². The molecule has 12 aromatic rings. The van der Waals surface area contributed by atoms with E-state index in [-0.39, 0.29) is 0 Å². The summed E-state index contributed by atoms with van der Waals surface area (Å²) in [5, 5.41) is 11.0. The fourth-order valence-electron chi connectivity index (χ4n) is 9.03. The van der Waals surface area contributed by atoms with Gasteiger partial charge in [-0.3, -0.25) is 4.57 Å². The molecule has 57 heavy (non-hydrogen) atoms. The molecule has 0 saturated carbocycles. The van der Waals surface area contributed by atoms with Gasteiger partial charge in [-0.25, -0.2) is 4.98 Å². The summed E-state index contributed by atoms with van der Waals surface area (Å²) in [6.07, 6.45) is 1.94. The molecule has 3 nitrogen and oxygen atoms in total. The lowest BCUT2D eigenvalue weighted by molar-refractivity contribution is 0.602. The number of furan rings is 1. The van der Waals surface area contributed by atoms with Gasteiger partial charge in [0.15, 0.2) is 0 Å². The van der Waals surface area contributed by atoms with E-state index in [1.54, 1.807) is 0 Å². The van der Waals surface area contributed by atoms with E-state index >= 15 is 0 Å². The van der Waals surface area contributed by atoms with Crippen LogP contribution in [0.25, 0.3) is 108 Å². The van der Waals surface area contributed by atoms with Crippen molar-refractivity contribution in [2.24, 2.45) is 0 Å². The predicted octanol–water partition coefficient (Wildman–Crippen LogP) is 15.0. The van der Waals surface area contributed by atoms with E-state index in [2.05, 4.69) is 169 Å². The Balaban J connectivity index is 1.14. The molecule has 0 unspecified atom stereocenters. The molecular weight excluding hydrogens is 713 g/mol. The molecule has 266 valence electrons. The Morgan fingerprint density at radius 2 is 1.19 bits per heavy atom. The second kappa shape index (κ2) is 12.4. The maximum Gasteiger partial charge on any atom is 0.143 e. The van der Waals surface area contributed by atoms with Crippen molar-refractivity contribution < 1.29 is 4.42 Å². The van der Waals surface area contributed by atoms with Crippen molar-refractivity contribution in [3.8, 4) is 28.1 Å². The van der Waals surface area contributed by atoms with Crippen LogP contribution in [0.2, 0.25) is 0 Å². The summed E-state index contributed by atoms with van der Waals surface area (Å²) in [4.78, 5) is 5.21. The molecule has 0 aliphatic heterocycles. The summed E-state index contributed by atoms with van der Waals surface area (Å²) in [6.45, 7) is 4.64. The fourth-order valence-corrected chi connectivity index (χ4v) is 10.3. The molecule has 8 aromatic carbocycles. The molecule has 0 atom stereocenters. The summed E-state index contributed by atoms with van der Waals surface area (Å²) in [6, 6.07) is 62.7. The highest BCUT2D eigenvalue weighted by Crippen LogP contribution is 2.49. The first kappa shape index (κ1) is 32.0. The lowest BCUT2D eigenvalue weighted by Crippen LogP contribution is -1.99. The van der Waals surface area contributed by atoms with E-state index in [0.29, 0.717) is 0 Å². The number of hydrogen-bond acceptors (Lipinski definition) is 3. The lowest BCUT2D eigenvalue weighted by atomic mass is 9.95. The van der Waals surface area contributed by atoms with Gasteiger partial charge in [-0.15, -0.1) is 11.3 Å². The minimum absolute atomic E-state index is 0.756. The quantitative estimate of drug-likeness (QED) is 0.176. The number of hydrogen-bond donors (Lipinski definition) is 0. The van der Waals surface area contributed by atoms with Gasteiger partial charge in [0.2, 0.25) is 0 Å². The second-order valence-electron chi connectivity index (χ2n) is 14.7. The number of benzene rings is 8. The standard InChI is InChI=1S/C53H32N2OS/c1-32(33-23-25-35(26-24-33)34-13-3-2-4-14-34)52-47(41-19-9-11-21-44(41)56-52)37-29-30-54-46(31-37)55-50-38-16-6-5-15-36(38)27-28-43(50)48-39-17-7-8-18-40(39)49-42-20-10-12-22-45(42)57-53(49)51(48)55/h2-31H,1H2. The molecule has 4 aromatic heterocycles.